The highest BCUT2D eigenvalue weighted by molar-refractivity contribution is 7.90. The largest absolute Gasteiger partial charge is 0.492 e. The van der Waals surface area contributed by atoms with E-state index in [-0.39, 0.29) is 48.9 Å². The maximum Gasteiger partial charge on any atom is 0.405 e. The molecule has 7 nitrogen and oxygen atoms in total. The summed E-state index contributed by atoms with van der Waals surface area (Å²) in [5.74, 6) is 0.0771. The molecule has 1 aromatic heterocycles. The summed E-state index contributed by atoms with van der Waals surface area (Å²) in [6, 6.07) is 2.85. The van der Waals surface area contributed by atoms with Crippen LogP contribution in [0.1, 0.15) is 41.1 Å². The summed E-state index contributed by atoms with van der Waals surface area (Å²) in [6.45, 7) is 3.90. The van der Waals surface area contributed by atoms with Gasteiger partial charge in [-0.05, 0) is 44.9 Å². The standard InChI is InChI=1S/C19H25F2O7PS2/c1-5-27-29(23,28-6-2)19(20,21)18-13(3)15-10-14(12-22)11-16(17(15)30-18)26-8-7-9-31(4,24)25/h10-12H,5-9H2,1-4H3. The molecule has 0 unspecified atom stereocenters. The van der Waals surface area contributed by atoms with Gasteiger partial charge >= 0.3 is 13.3 Å². The molecule has 1 heterocycles. The molecular formula is C19H25F2O7PS2. The van der Waals surface area contributed by atoms with E-state index in [0.717, 1.165) is 6.26 Å². The van der Waals surface area contributed by atoms with Crippen molar-refractivity contribution in [2.75, 3.05) is 31.8 Å². The van der Waals surface area contributed by atoms with E-state index in [9.17, 15) is 17.8 Å². The summed E-state index contributed by atoms with van der Waals surface area (Å²) in [5, 5.41) is 0.349. The van der Waals surface area contributed by atoms with Gasteiger partial charge in [-0.3, -0.25) is 9.36 Å². The summed E-state index contributed by atoms with van der Waals surface area (Å²) in [4.78, 5) is 10.8. The number of carbonyl (C=O) groups excluding carboxylic acids is 1. The third-order valence-corrected chi connectivity index (χ3v) is 8.98. The molecule has 0 saturated carbocycles. The molecule has 0 amide bonds. The van der Waals surface area contributed by atoms with Crippen molar-refractivity contribution in [3.05, 3.63) is 28.1 Å². The summed E-state index contributed by atoms with van der Waals surface area (Å²) < 4.78 is 81.8. The van der Waals surface area contributed by atoms with Crippen LogP contribution >= 0.6 is 18.9 Å². The van der Waals surface area contributed by atoms with E-state index in [1.165, 1.54) is 32.9 Å². The van der Waals surface area contributed by atoms with Crippen molar-refractivity contribution in [1.82, 2.24) is 0 Å². The number of carbonyl (C=O) groups is 1. The topological polar surface area (TPSA) is 96.0 Å². The Morgan fingerprint density at radius 3 is 2.32 bits per heavy atom. The average molecular weight is 499 g/mol. The smallest absolute Gasteiger partial charge is 0.405 e. The van der Waals surface area contributed by atoms with Crippen LogP contribution in [0.4, 0.5) is 8.78 Å². The van der Waals surface area contributed by atoms with Gasteiger partial charge in [-0.15, -0.1) is 11.3 Å². The molecule has 0 aliphatic carbocycles. The van der Waals surface area contributed by atoms with Crippen LogP contribution < -0.4 is 4.74 Å². The molecule has 174 valence electrons. The number of benzene rings is 1. The zero-order valence-electron chi connectivity index (χ0n) is 17.6. The van der Waals surface area contributed by atoms with Gasteiger partial charge in [0.1, 0.15) is 21.9 Å². The first-order valence-electron chi connectivity index (χ1n) is 9.50. The molecule has 0 N–H and O–H groups in total. The maximum absolute atomic E-state index is 15.3. The second kappa shape index (κ2) is 10.0. The Hall–Kier alpha value is -1.39. The average Bonchev–Trinajstić information content (AvgIpc) is 3.02. The van der Waals surface area contributed by atoms with Crippen molar-refractivity contribution in [2.24, 2.45) is 0 Å². The predicted molar refractivity (Wildman–Crippen MR) is 117 cm³/mol. The van der Waals surface area contributed by atoms with Gasteiger partial charge in [-0.1, -0.05) is 0 Å². The van der Waals surface area contributed by atoms with Crippen molar-refractivity contribution in [3.8, 4) is 5.75 Å². The number of rotatable bonds is 12. The lowest BCUT2D eigenvalue weighted by atomic mass is 10.1. The SMILES string of the molecule is CCOP(=O)(OCC)C(F)(F)c1sc2c(OCCCS(C)(=O)=O)cc(C=O)cc2c1C. The van der Waals surface area contributed by atoms with Crippen LogP contribution in [0.3, 0.4) is 0 Å². The van der Waals surface area contributed by atoms with Crippen LogP contribution in [0.25, 0.3) is 10.1 Å². The lowest BCUT2D eigenvalue weighted by Crippen LogP contribution is -2.18. The monoisotopic (exact) mass is 498 g/mol. The Bertz CT molecular complexity index is 1090. The van der Waals surface area contributed by atoms with Crippen molar-refractivity contribution in [3.63, 3.8) is 0 Å². The molecule has 0 atom stereocenters. The van der Waals surface area contributed by atoms with Gasteiger partial charge < -0.3 is 13.8 Å². The van der Waals surface area contributed by atoms with Gasteiger partial charge in [0.25, 0.3) is 0 Å². The first-order valence-corrected chi connectivity index (χ1v) is 13.9. The first-order chi connectivity index (χ1) is 14.4. The van der Waals surface area contributed by atoms with Crippen molar-refractivity contribution < 1.29 is 40.3 Å². The fourth-order valence-electron chi connectivity index (χ4n) is 2.94. The minimum Gasteiger partial charge on any atom is -0.492 e. The van der Waals surface area contributed by atoms with Crippen LogP contribution in [0.2, 0.25) is 0 Å². The van der Waals surface area contributed by atoms with Crippen LogP contribution in [0, 0.1) is 6.92 Å². The number of hydrogen-bond donors (Lipinski definition) is 0. The molecule has 0 fully saturated rings. The van der Waals surface area contributed by atoms with E-state index in [1.54, 1.807) is 0 Å². The fraction of sp³-hybridized carbons (Fsp3) is 0.526. The molecule has 0 radical (unpaired) electrons. The highest BCUT2D eigenvalue weighted by Gasteiger charge is 2.56. The highest BCUT2D eigenvalue weighted by atomic mass is 32.2. The minimum atomic E-state index is -4.80. The van der Waals surface area contributed by atoms with E-state index in [4.69, 9.17) is 13.8 Å². The Labute approximate surface area is 184 Å². The molecule has 1 aromatic carbocycles. The molecule has 0 aliphatic heterocycles. The van der Waals surface area contributed by atoms with Crippen molar-refractivity contribution in [2.45, 2.75) is 32.9 Å². The van der Waals surface area contributed by atoms with Crippen LogP contribution in [-0.2, 0) is 29.1 Å². The number of aldehydes is 1. The van der Waals surface area contributed by atoms with Gasteiger partial charge in [0.15, 0.2) is 0 Å². The first kappa shape index (κ1) is 25.9. The number of aryl methyl sites for hydroxylation is 1. The quantitative estimate of drug-likeness (QED) is 0.227. The second-order valence-electron chi connectivity index (χ2n) is 6.78. The van der Waals surface area contributed by atoms with Gasteiger partial charge in [-0.25, -0.2) is 8.42 Å². The molecule has 0 spiro atoms. The van der Waals surface area contributed by atoms with Crippen LogP contribution in [-0.4, -0.2) is 46.5 Å². The Kier molecular flexibility index (Phi) is 8.38. The summed E-state index contributed by atoms with van der Waals surface area (Å²) in [5.41, 5.74) is -3.57. The summed E-state index contributed by atoms with van der Waals surface area (Å²) >= 11 is 0.677. The molecule has 0 saturated heterocycles. The lowest BCUT2D eigenvalue weighted by Gasteiger charge is -2.25. The van der Waals surface area contributed by atoms with Gasteiger partial charge in [0.2, 0.25) is 0 Å². The van der Waals surface area contributed by atoms with E-state index >= 15 is 8.78 Å². The number of halogens is 2. The third-order valence-electron chi connectivity index (χ3n) is 4.29. The van der Waals surface area contributed by atoms with Gasteiger partial charge in [-0.2, -0.15) is 8.78 Å². The lowest BCUT2D eigenvalue weighted by molar-refractivity contribution is 0.0387. The molecule has 12 heteroatoms. The second-order valence-corrected chi connectivity index (χ2v) is 12.1. The Morgan fingerprint density at radius 2 is 1.81 bits per heavy atom. The molecule has 2 aromatic rings. The number of ether oxygens (including phenoxy) is 1. The molecule has 31 heavy (non-hydrogen) atoms. The fourth-order valence-corrected chi connectivity index (χ4v) is 6.68. The minimum absolute atomic E-state index is 0.0174. The summed E-state index contributed by atoms with van der Waals surface area (Å²) in [7, 11) is -7.98. The molecule has 0 bridgehead atoms. The third kappa shape index (κ3) is 5.70. The van der Waals surface area contributed by atoms with E-state index in [0.29, 0.717) is 27.7 Å². The highest BCUT2D eigenvalue weighted by Crippen LogP contribution is 2.68. The van der Waals surface area contributed by atoms with E-state index in [1.807, 2.05) is 0 Å². The van der Waals surface area contributed by atoms with Crippen molar-refractivity contribution >= 4 is 45.1 Å². The number of hydrogen-bond acceptors (Lipinski definition) is 8. The number of thiophene rings is 1. The molecule has 0 aliphatic rings. The number of fused-ring (bicyclic) bond motifs is 1. The van der Waals surface area contributed by atoms with E-state index in [2.05, 4.69) is 0 Å². The number of alkyl halides is 2. The van der Waals surface area contributed by atoms with Crippen molar-refractivity contribution in [1.29, 1.82) is 0 Å². The van der Waals surface area contributed by atoms with Gasteiger partial charge in [0, 0.05) is 17.2 Å². The zero-order chi connectivity index (χ0) is 23.4. The molecular weight excluding hydrogens is 473 g/mol. The Balaban J connectivity index is 2.54. The predicted octanol–water partition coefficient (Wildman–Crippen LogP) is 5.15. The van der Waals surface area contributed by atoms with Gasteiger partial charge in [0.05, 0.1) is 35.2 Å². The summed E-state index contributed by atoms with van der Waals surface area (Å²) in [6.07, 6.45) is 1.86. The van der Waals surface area contributed by atoms with E-state index < -0.39 is 28.0 Å². The Morgan fingerprint density at radius 1 is 1.19 bits per heavy atom. The van der Waals surface area contributed by atoms with Crippen LogP contribution in [0.5, 0.6) is 5.75 Å². The molecule has 2 rings (SSSR count). The van der Waals surface area contributed by atoms with Crippen LogP contribution in [0.15, 0.2) is 12.1 Å². The maximum atomic E-state index is 15.3. The normalized spacial score (nSPS) is 13.0. The number of sulfone groups is 1. The zero-order valence-corrected chi connectivity index (χ0v) is 20.2.